The summed E-state index contributed by atoms with van der Waals surface area (Å²) in [7, 11) is 0. The van der Waals surface area contributed by atoms with E-state index < -0.39 is 237 Å². The number of nitrogens with one attached hydrogen (secondary N) is 17. The van der Waals surface area contributed by atoms with Crippen LogP contribution in [0, 0.1) is 11.3 Å². The van der Waals surface area contributed by atoms with Gasteiger partial charge in [-0.1, -0.05) is 62.4 Å². The van der Waals surface area contributed by atoms with Gasteiger partial charge in [0.2, 0.25) is 82.7 Å². The lowest BCUT2D eigenvalue weighted by molar-refractivity contribution is -0.142. The maximum absolute atomic E-state index is 14.6. The average molecular weight is 1700 g/mol. The Balaban J connectivity index is 1.06. The van der Waals surface area contributed by atoms with Crippen molar-refractivity contribution in [2.24, 2.45) is 17.4 Å². The second-order valence-electron chi connectivity index (χ2n) is 28.3. The number of likely N-dealkylation sites (tertiary alicyclic amines) is 1. The van der Waals surface area contributed by atoms with E-state index in [-0.39, 0.29) is 69.1 Å². The number of para-hydroxylation sites is 2. The number of benzene rings is 3. The second-order valence-corrected chi connectivity index (χ2v) is 29.1. The predicted molar refractivity (Wildman–Crippen MR) is 433 cm³/mol. The van der Waals surface area contributed by atoms with Crippen molar-refractivity contribution in [3.05, 3.63) is 102 Å². The summed E-state index contributed by atoms with van der Waals surface area (Å²) < 4.78 is 0. The fourth-order valence-electron chi connectivity index (χ4n) is 12.5. The van der Waals surface area contributed by atoms with Crippen molar-refractivity contribution in [1.29, 1.82) is 5.41 Å². The Morgan fingerprint density at radius 2 is 0.950 bits per heavy atom. The highest BCUT2D eigenvalue weighted by Crippen LogP contribution is 2.25. The largest absolute Gasteiger partial charge is 0.508 e. The van der Waals surface area contributed by atoms with E-state index in [4.69, 9.17) is 16.9 Å². The van der Waals surface area contributed by atoms with Crippen LogP contribution < -0.4 is 85.9 Å². The van der Waals surface area contributed by atoms with Gasteiger partial charge in [-0.05, 0) is 92.3 Å². The molecule has 14 amide bonds. The van der Waals surface area contributed by atoms with E-state index in [0.717, 1.165) is 0 Å². The molecule has 42 nitrogen and oxygen atoms in total. The number of H-pyrrole nitrogens is 2. The molecule has 1 saturated heterocycles. The molecule has 0 radical (unpaired) electrons. The van der Waals surface area contributed by atoms with Crippen molar-refractivity contribution in [3.8, 4) is 5.75 Å². The molecule has 44 heteroatoms. The number of nitrogens with two attached hydrogens (primary N) is 2. The number of aliphatic hydroxyl groups excluding tert-OH is 1. The monoisotopic (exact) mass is 1700 g/mol. The van der Waals surface area contributed by atoms with Gasteiger partial charge < -0.3 is 126 Å². The third kappa shape index (κ3) is 30.5. The number of guanidine groups is 1. The lowest BCUT2D eigenvalue weighted by atomic mass is 10.0. The molecule has 0 aliphatic carbocycles. The zero-order valence-electron chi connectivity index (χ0n) is 65.2. The number of aromatic hydroxyl groups is 1. The van der Waals surface area contributed by atoms with Crippen molar-refractivity contribution in [2.45, 2.75) is 164 Å². The number of carboxylic acids is 3. The zero-order valence-corrected chi connectivity index (χ0v) is 67.0. The van der Waals surface area contributed by atoms with E-state index in [9.17, 15) is 107 Å². The molecule has 12 atom stereocenters. The molecule has 6 rings (SSSR count). The third-order valence-corrected chi connectivity index (χ3v) is 19.7. The van der Waals surface area contributed by atoms with Crippen LogP contribution in [-0.4, -0.2) is 270 Å². The van der Waals surface area contributed by atoms with Crippen LogP contribution in [0.3, 0.4) is 0 Å². The molecule has 3 heterocycles. The molecule has 1 fully saturated rings. The van der Waals surface area contributed by atoms with Gasteiger partial charge in [-0.15, -0.1) is 0 Å². The first-order chi connectivity index (χ1) is 56.5. The highest BCUT2D eigenvalue weighted by Gasteiger charge is 2.41. The summed E-state index contributed by atoms with van der Waals surface area (Å²) in [6, 6.07) is 3.10. The van der Waals surface area contributed by atoms with E-state index in [0.29, 0.717) is 44.9 Å². The van der Waals surface area contributed by atoms with Gasteiger partial charge in [-0.25, -0.2) is 4.79 Å². The molecule has 5 aromatic rings. The molecule has 3 aromatic carbocycles. The number of carbonyl (C=O) groups excluding carboxylic acids is 14. The molecule has 1 aliphatic rings. The molecule has 119 heavy (non-hydrogen) atoms. The number of hydrogen-bond acceptors (Lipinski definition) is 23. The average Bonchev–Trinajstić information content (AvgIpc) is 1.69. The number of amides is 14. The highest BCUT2D eigenvalue weighted by molar-refractivity contribution is 7.80. The molecule has 2 aromatic heterocycles. The van der Waals surface area contributed by atoms with Crippen molar-refractivity contribution >= 4 is 154 Å². The molecule has 0 saturated carbocycles. The van der Waals surface area contributed by atoms with E-state index in [2.05, 4.69) is 110 Å². The molecular formula is C75H102N20O22S2. The minimum atomic E-state index is -1.71. The minimum Gasteiger partial charge on any atom is -0.508 e. The Kier molecular flexibility index (Phi) is 37.6. The minimum absolute atomic E-state index is 0.0224. The van der Waals surface area contributed by atoms with Crippen LogP contribution in [0.25, 0.3) is 21.8 Å². The number of aromatic nitrogens is 2. The van der Waals surface area contributed by atoms with Crippen molar-refractivity contribution in [2.75, 3.05) is 50.8 Å². The fraction of sp³-hybridized carbons (Fsp3) is 0.467. The maximum Gasteiger partial charge on any atom is 0.326 e. The highest BCUT2D eigenvalue weighted by atomic mass is 32.1. The first-order valence-electron chi connectivity index (χ1n) is 37.9. The summed E-state index contributed by atoms with van der Waals surface area (Å²) in [5.41, 5.74) is 13.9. The summed E-state index contributed by atoms with van der Waals surface area (Å²) in [6.45, 7) is 1.11. The number of phenolic OH excluding ortho intramolecular Hbond substituents is 1. The Morgan fingerprint density at radius 3 is 1.46 bits per heavy atom. The molecule has 1 aliphatic heterocycles. The standard InChI is InChI=1S/C75H102N20O22S2/c1-37(2)63(72(114)88-48(21-23-61(104)105)67(109)92-53(35-118)68(110)90-51(27-40-29-80-45-12-6-4-10-43(40)45)65(107)84-33-58(100)87-49(74(116)117)14-8-24-79-75(77)78)94-59(101)32-82-56(98)31-83-64(106)50(26-39-16-18-42(97)19-17-39)89-66(108)47(20-22-60(102)103)86-57(99)34-85-70(112)55-15-9-25-95(55)73(115)52(28-41-30-81-46-13-7-5-11-44(41)46)91-69(111)54(36-119)93-71(113)62(76)38(3)96/h4-7,10-13,16-19,29-30,37-38,47-55,62-63,80-81,96-97,118-119H,8-9,14-15,20-28,31-36,76H2,1-3H3,(H,82,98)(H,83,106)(H,84,107)(H,85,112)(H,86,99)(H,87,100)(H,88,114)(H,89,108)(H,90,110)(H,91,111)(H,92,109)(H,93,113)(H,94,101)(H,102,103)(H,104,105)(H,116,117)(H4,77,78,79)/t38-,47+,48+,49+,50+,51+,52+,53+,54+,55+,62+,63+/m1/s1. The van der Waals surface area contributed by atoms with E-state index in [1.165, 1.54) is 49.9 Å². The number of rotatable bonds is 48. The van der Waals surface area contributed by atoms with Crippen LogP contribution in [0.15, 0.2) is 85.2 Å². The number of carboxylic acid groups (broad SMARTS) is 3. The van der Waals surface area contributed by atoms with Gasteiger partial charge in [-0.2, -0.15) is 25.3 Å². The SMILES string of the molecule is CC(C)[C@H](NC(=O)CNC(=O)CNC(=O)[C@H](Cc1ccc(O)cc1)NC(=O)[C@H](CCC(=O)O)NC(=O)CNC(=O)[C@@H]1CCCN1C(=O)[C@H](Cc1c[nH]c2ccccc12)NC(=O)[C@H](CS)NC(=O)[C@@H](N)[C@@H](C)O)C(=O)N[C@@H](CCC(=O)O)C(=O)N[C@@H](CS)C(=O)N[C@@H](Cc1c[nH]c2ccccc12)C(=O)NCC(=O)N[C@@H](CCCNC(=N)N)C(=O)O. The lowest BCUT2D eigenvalue weighted by Gasteiger charge is -2.30. The quantitative estimate of drug-likeness (QED) is 0.00748. The first kappa shape index (κ1) is 95.3. The van der Waals surface area contributed by atoms with Crippen molar-refractivity contribution < 1.29 is 107 Å². The van der Waals surface area contributed by atoms with Crippen LogP contribution in [0.4, 0.5) is 0 Å². The number of hydrogen-bond donors (Lipinski definition) is 26. The van der Waals surface area contributed by atoms with Gasteiger partial charge in [0, 0.05) is 90.9 Å². The number of aliphatic carboxylic acids is 3. The van der Waals surface area contributed by atoms with Crippen LogP contribution in [0.2, 0.25) is 0 Å². The van der Waals surface area contributed by atoms with E-state index >= 15 is 0 Å². The Hall–Kier alpha value is -12.6. The number of phenols is 1. The van der Waals surface area contributed by atoms with E-state index in [1.54, 1.807) is 60.9 Å². The summed E-state index contributed by atoms with van der Waals surface area (Å²) >= 11 is 8.45. The molecule has 26 N–H and O–H groups in total. The topological polar surface area (TPSA) is 670 Å². The van der Waals surface area contributed by atoms with Gasteiger partial charge in [-0.3, -0.25) is 82.1 Å². The van der Waals surface area contributed by atoms with Crippen LogP contribution in [0.5, 0.6) is 5.75 Å². The Morgan fingerprint density at radius 1 is 0.504 bits per heavy atom. The second kappa shape index (κ2) is 47.0. The van der Waals surface area contributed by atoms with Gasteiger partial charge in [0.05, 0.1) is 32.3 Å². The number of thiol groups is 2. The third-order valence-electron chi connectivity index (χ3n) is 18.9. The Labute approximate surface area is 692 Å². The van der Waals surface area contributed by atoms with Crippen LogP contribution in [0.1, 0.15) is 88.8 Å². The zero-order chi connectivity index (χ0) is 87.7. The summed E-state index contributed by atoms with van der Waals surface area (Å²) in [4.78, 5) is 236. The molecule has 0 spiro atoms. The molecule has 646 valence electrons. The van der Waals surface area contributed by atoms with Gasteiger partial charge in [0.1, 0.15) is 72.2 Å². The number of aromatic amines is 2. The predicted octanol–water partition coefficient (Wildman–Crippen LogP) is -5.50. The number of carbonyl (C=O) groups is 17. The van der Waals surface area contributed by atoms with Gasteiger partial charge in [0.15, 0.2) is 5.96 Å². The number of nitrogens with zero attached hydrogens (tertiary/aromatic N) is 1. The normalized spacial score (nSPS) is 15.2. The van der Waals surface area contributed by atoms with E-state index in [1.807, 2.05) is 0 Å². The first-order valence-corrected chi connectivity index (χ1v) is 39.1. The molecule has 0 bridgehead atoms. The smallest absolute Gasteiger partial charge is 0.326 e. The van der Waals surface area contributed by atoms with Crippen molar-refractivity contribution in [1.82, 2.24) is 89.3 Å². The lowest BCUT2D eigenvalue weighted by Crippen LogP contribution is -2.60. The number of aliphatic hydroxyl groups is 1. The fourth-order valence-corrected chi connectivity index (χ4v) is 13.0. The van der Waals surface area contributed by atoms with Gasteiger partial charge in [0.25, 0.3) is 0 Å². The molecule has 0 unspecified atom stereocenters. The summed E-state index contributed by atoms with van der Waals surface area (Å²) in [6.07, 6.45) is -0.801. The molecular weight excluding hydrogens is 1600 g/mol. The summed E-state index contributed by atoms with van der Waals surface area (Å²) in [5.74, 6) is -19.6. The Bertz CT molecular complexity index is 4490. The van der Waals surface area contributed by atoms with Crippen LogP contribution >= 0.6 is 25.3 Å². The van der Waals surface area contributed by atoms with Gasteiger partial charge >= 0.3 is 17.9 Å². The number of fused-ring (bicyclic) bond motifs is 2. The summed E-state index contributed by atoms with van der Waals surface area (Å²) in [5, 5.41) is 91.5. The van der Waals surface area contributed by atoms with Crippen LogP contribution in [-0.2, 0) is 101 Å². The maximum atomic E-state index is 14.6. The van der Waals surface area contributed by atoms with Crippen molar-refractivity contribution in [3.63, 3.8) is 0 Å².